The highest BCUT2D eigenvalue weighted by atomic mass is 16.4. The van der Waals surface area contributed by atoms with Crippen LogP contribution < -0.4 is 0 Å². The van der Waals surface area contributed by atoms with Gasteiger partial charge in [0.25, 0.3) is 0 Å². The molecule has 1 atom stereocenters. The highest BCUT2D eigenvalue weighted by molar-refractivity contribution is 5.70. The Kier molecular flexibility index (Phi) is 4.48. The van der Waals surface area contributed by atoms with Crippen LogP contribution in [0, 0.1) is 26.7 Å². The molecule has 20 heavy (non-hydrogen) atoms. The minimum absolute atomic E-state index is 0.154. The lowest BCUT2D eigenvalue weighted by atomic mass is 9.91. The molecule has 0 aromatic heterocycles. The van der Waals surface area contributed by atoms with Gasteiger partial charge in [0.1, 0.15) is 0 Å². The Balaban J connectivity index is 2.13. The molecule has 1 saturated heterocycles. The second-order valence-corrected chi connectivity index (χ2v) is 6.14. The number of carboxylic acid groups (broad SMARTS) is 1. The van der Waals surface area contributed by atoms with Crippen LogP contribution >= 0.6 is 0 Å². The number of carbonyl (C=O) groups is 1. The summed E-state index contributed by atoms with van der Waals surface area (Å²) >= 11 is 0. The van der Waals surface area contributed by atoms with Crippen molar-refractivity contribution in [3.8, 4) is 0 Å². The van der Waals surface area contributed by atoms with Crippen LogP contribution in [-0.4, -0.2) is 29.1 Å². The summed E-state index contributed by atoms with van der Waals surface area (Å²) in [6.45, 7) is 10.5. The topological polar surface area (TPSA) is 40.5 Å². The van der Waals surface area contributed by atoms with E-state index in [2.05, 4.69) is 44.7 Å². The molecule has 1 heterocycles. The number of rotatable bonds is 3. The molecule has 0 spiro atoms. The summed E-state index contributed by atoms with van der Waals surface area (Å²) in [5.74, 6) is -0.793. The van der Waals surface area contributed by atoms with E-state index in [0.29, 0.717) is 6.04 Å². The molecule has 0 saturated carbocycles. The van der Waals surface area contributed by atoms with Crippen molar-refractivity contribution in [1.29, 1.82) is 0 Å². The second-order valence-electron chi connectivity index (χ2n) is 6.14. The molecule has 1 N–H and O–H groups in total. The van der Waals surface area contributed by atoms with Crippen LogP contribution in [0.4, 0.5) is 0 Å². The summed E-state index contributed by atoms with van der Waals surface area (Å²) < 4.78 is 0. The Morgan fingerprint density at radius 3 is 2.15 bits per heavy atom. The van der Waals surface area contributed by atoms with Crippen LogP contribution in [0.5, 0.6) is 0 Å². The second kappa shape index (κ2) is 5.96. The predicted molar refractivity (Wildman–Crippen MR) is 81.0 cm³/mol. The lowest BCUT2D eigenvalue weighted by Crippen LogP contribution is -2.38. The first-order chi connectivity index (χ1) is 9.40. The number of carboxylic acids is 1. The Hall–Kier alpha value is -1.35. The summed E-state index contributed by atoms with van der Waals surface area (Å²) in [5, 5.41) is 9.08. The normalized spacial score (nSPS) is 19.0. The number of hydrogen-bond acceptors (Lipinski definition) is 2. The van der Waals surface area contributed by atoms with Crippen molar-refractivity contribution in [2.75, 3.05) is 13.1 Å². The third-order valence-corrected chi connectivity index (χ3v) is 4.58. The zero-order valence-corrected chi connectivity index (χ0v) is 12.9. The molecule has 1 aliphatic heterocycles. The van der Waals surface area contributed by atoms with Crippen LogP contribution in [0.1, 0.15) is 48.1 Å². The first kappa shape index (κ1) is 15.0. The van der Waals surface area contributed by atoms with Gasteiger partial charge in [0.2, 0.25) is 0 Å². The van der Waals surface area contributed by atoms with Crippen LogP contribution in [-0.2, 0) is 4.79 Å². The van der Waals surface area contributed by atoms with E-state index in [0.717, 1.165) is 25.9 Å². The summed E-state index contributed by atoms with van der Waals surface area (Å²) in [6, 6.07) is 4.84. The van der Waals surface area contributed by atoms with Crippen molar-refractivity contribution >= 4 is 5.97 Å². The quantitative estimate of drug-likeness (QED) is 0.918. The minimum Gasteiger partial charge on any atom is -0.481 e. The fourth-order valence-corrected chi connectivity index (χ4v) is 3.57. The van der Waals surface area contributed by atoms with Gasteiger partial charge in [-0.3, -0.25) is 9.69 Å². The molecule has 110 valence electrons. The summed E-state index contributed by atoms with van der Waals surface area (Å²) in [5.41, 5.74) is 5.40. The smallest absolute Gasteiger partial charge is 0.306 e. The highest BCUT2D eigenvalue weighted by Gasteiger charge is 2.28. The van der Waals surface area contributed by atoms with Crippen LogP contribution in [0.25, 0.3) is 0 Å². The molecule has 3 nitrogen and oxygen atoms in total. The summed E-state index contributed by atoms with van der Waals surface area (Å²) in [4.78, 5) is 13.4. The molecular formula is C17H25NO2. The zero-order chi connectivity index (χ0) is 14.9. The van der Waals surface area contributed by atoms with E-state index in [4.69, 9.17) is 5.11 Å². The maximum Gasteiger partial charge on any atom is 0.306 e. The van der Waals surface area contributed by atoms with Gasteiger partial charge in [-0.15, -0.1) is 0 Å². The van der Waals surface area contributed by atoms with E-state index < -0.39 is 5.97 Å². The fraction of sp³-hybridized carbons (Fsp3) is 0.588. The number of benzene rings is 1. The molecule has 1 aromatic carbocycles. The Morgan fingerprint density at radius 1 is 1.20 bits per heavy atom. The predicted octanol–water partition coefficient (Wildman–Crippen LogP) is 3.47. The van der Waals surface area contributed by atoms with Gasteiger partial charge in [0, 0.05) is 6.04 Å². The Bertz CT molecular complexity index is 479. The van der Waals surface area contributed by atoms with Crippen LogP contribution in [0.2, 0.25) is 0 Å². The number of likely N-dealkylation sites (tertiary alicyclic amines) is 1. The molecule has 0 amide bonds. The number of hydrogen-bond donors (Lipinski definition) is 1. The third kappa shape index (κ3) is 3.04. The molecule has 0 bridgehead atoms. The van der Waals surface area contributed by atoms with Gasteiger partial charge in [0.15, 0.2) is 0 Å². The van der Waals surface area contributed by atoms with Crippen molar-refractivity contribution in [3.05, 3.63) is 34.4 Å². The van der Waals surface area contributed by atoms with Gasteiger partial charge in [-0.25, -0.2) is 0 Å². The number of aryl methyl sites for hydroxylation is 3. The molecular weight excluding hydrogens is 250 g/mol. The van der Waals surface area contributed by atoms with Gasteiger partial charge in [-0.2, -0.15) is 0 Å². The van der Waals surface area contributed by atoms with Crippen molar-refractivity contribution in [2.45, 2.75) is 46.6 Å². The molecule has 1 aromatic rings. The van der Waals surface area contributed by atoms with Gasteiger partial charge in [-0.1, -0.05) is 17.7 Å². The first-order valence-corrected chi connectivity index (χ1v) is 7.44. The standard InChI is InChI=1S/C17H25NO2/c1-11-9-12(2)16(13(3)10-11)14(4)18-7-5-15(6-8-18)17(19)20/h9-10,14-15H,5-8H2,1-4H3,(H,19,20). The number of nitrogens with zero attached hydrogens (tertiary/aromatic N) is 1. The third-order valence-electron chi connectivity index (χ3n) is 4.58. The van der Waals surface area contributed by atoms with Crippen molar-refractivity contribution in [1.82, 2.24) is 4.90 Å². The largest absolute Gasteiger partial charge is 0.481 e. The minimum atomic E-state index is -0.639. The van der Waals surface area contributed by atoms with Gasteiger partial charge in [-0.05, 0) is 70.3 Å². The average molecular weight is 275 g/mol. The van der Waals surface area contributed by atoms with Crippen molar-refractivity contribution in [3.63, 3.8) is 0 Å². The van der Waals surface area contributed by atoms with Crippen molar-refractivity contribution in [2.24, 2.45) is 5.92 Å². The van der Waals surface area contributed by atoms with Gasteiger partial charge >= 0.3 is 5.97 Å². The van der Waals surface area contributed by atoms with Crippen molar-refractivity contribution < 1.29 is 9.90 Å². The molecule has 1 unspecified atom stereocenters. The molecule has 1 fully saturated rings. The van der Waals surface area contributed by atoms with Crippen LogP contribution in [0.3, 0.4) is 0 Å². The monoisotopic (exact) mass is 275 g/mol. The van der Waals surface area contributed by atoms with E-state index in [1.54, 1.807) is 0 Å². The Morgan fingerprint density at radius 2 is 1.70 bits per heavy atom. The molecule has 3 heteroatoms. The van der Waals surface area contributed by atoms with Gasteiger partial charge in [0.05, 0.1) is 5.92 Å². The summed E-state index contributed by atoms with van der Waals surface area (Å²) in [6.07, 6.45) is 1.53. The van der Waals surface area contributed by atoms with E-state index >= 15 is 0 Å². The fourth-order valence-electron chi connectivity index (χ4n) is 3.57. The SMILES string of the molecule is Cc1cc(C)c(C(C)N2CCC(C(=O)O)CC2)c(C)c1. The first-order valence-electron chi connectivity index (χ1n) is 7.44. The highest BCUT2D eigenvalue weighted by Crippen LogP contribution is 2.31. The maximum atomic E-state index is 11.0. The summed E-state index contributed by atoms with van der Waals surface area (Å²) in [7, 11) is 0. The van der Waals surface area contributed by atoms with E-state index in [1.165, 1.54) is 22.3 Å². The Labute approximate surface area is 121 Å². The van der Waals surface area contributed by atoms with Crippen LogP contribution in [0.15, 0.2) is 12.1 Å². The van der Waals surface area contributed by atoms with E-state index in [9.17, 15) is 4.79 Å². The lowest BCUT2D eigenvalue weighted by Gasteiger charge is -2.36. The molecule has 1 aliphatic rings. The van der Waals surface area contributed by atoms with E-state index in [1.807, 2.05) is 0 Å². The number of aliphatic carboxylic acids is 1. The average Bonchev–Trinajstić information content (AvgIpc) is 2.37. The lowest BCUT2D eigenvalue weighted by molar-refractivity contribution is -0.143. The zero-order valence-electron chi connectivity index (χ0n) is 12.9. The molecule has 0 aliphatic carbocycles. The molecule has 2 rings (SSSR count). The molecule has 0 radical (unpaired) electrons. The maximum absolute atomic E-state index is 11.0. The van der Waals surface area contributed by atoms with E-state index in [-0.39, 0.29) is 5.92 Å². The number of piperidine rings is 1. The van der Waals surface area contributed by atoms with Gasteiger partial charge < -0.3 is 5.11 Å².